The lowest BCUT2D eigenvalue weighted by molar-refractivity contribution is 0.448. The first-order valence-corrected chi connectivity index (χ1v) is 2.95. The summed E-state index contributed by atoms with van der Waals surface area (Å²) in [5.74, 6) is -6.07. The highest BCUT2D eigenvalue weighted by Crippen LogP contribution is 2.19. The Kier molecular flexibility index (Phi) is 2.17. The van der Waals surface area contributed by atoms with Crippen molar-refractivity contribution >= 4 is 6.08 Å². The van der Waals surface area contributed by atoms with Crippen molar-refractivity contribution in [2.24, 2.45) is 0 Å². The van der Waals surface area contributed by atoms with Gasteiger partial charge in [0.2, 0.25) is 0 Å². The van der Waals surface area contributed by atoms with Crippen LogP contribution in [0.1, 0.15) is 5.56 Å². The molecule has 1 radical (unpaired) electrons. The fourth-order valence-electron chi connectivity index (χ4n) is 0.718. The Morgan fingerprint density at radius 1 is 1.00 bits per heavy atom. The fourth-order valence-corrected chi connectivity index (χ4v) is 0.718. The molecule has 1 aromatic carbocycles. The predicted octanol–water partition coefficient (Wildman–Crippen LogP) is 2.69. The summed E-state index contributed by atoms with van der Waals surface area (Å²) in [6.45, 7) is 3.01. The van der Waals surface area contributed by atoms with Gasteiger partial charge in [-0.05, 0) is 0 Å². The monoisotopic (exact) mass is 175 g/mol. The second kappa shape index (κ2) is 2.97. The van der Waals surface area contributed by atoms with Crippen molar-refractivity contribution in [3.63, 3.8) is 0 Å². The average Bonchev–Trinajstić information content (AvgIpc) is 2.02. The van der Waals surface area contributed by atoms with Gasteiger partial charge in [-0.3, -0.25) is 0 Å². The molecule has 1 rings (SSSR count). The number of rotatable bonds is 1. The molecule has 0 fully saturated rings. The van der Waals surface area contributed by atoms with Gasteiger partial charge in [0.05, 0.1) is 11.6 Å². The molecule has 0 bridgehead atoms. The van der Waals surface area contributed by atoms with Crippen molar-refractivity contribution in [1.82, 2.24) is 0 Å². The molecule has 0 aliphatic heterocycles. The van der Waals surface area contributed by atoms with Crippen LogP contribution in [0, 0.1) is 29.3 Å². The lowest BCUT2D eigenvalue weighted by Gasteiger charge is -2.00. The third-order valence-electron chi connectivity index (χ3n) is 1.28. The van der Waals surface area contributed by atoms with E-state index in [9.17, 15) is 17.6 Å². The number of hydrogen-bond acceptors (Lipinski definition) is 0. The smallest absolute Gasteiger partial charge is 0.170 e. The van der Waals surface area contributed by atoms with E-state index in [0.29, 0.717) is 6.08 Å². The first-order chi connectivity index (χ1) is 5.57. The molecule has 0 saturated carbocycles. The highest BCUT2D eigenvalue weighted by Gasteiger charge is 2.16. The maximum atomic E-state index is 12.6. The first-order valence-electron chi connectivity index (χ1n) is 2.95. The van der Waals surface area contributed by atoms with Gasteiger partial charge >= 0.3 is 0 Å². The Bertz CT molecular complexity index is 304. The summed E-state index contributed by atoms with van der Waals surface area (Å²) in [4.78, 5) is 0. The Balaban J connectivity index is 3.52. The molecule has 12 heavy (non-hydrogen) atoms. The number of halogens is 4. The standard InChI is InChI=1S/C8H3F4/c1-2-4-7(11)5(9)3-6(10)8(4)12/h2H,1H2. The minimum Gasteiger partial charge on any atom is -0.203 e. The van der Waals surface area contributed by atoms with E-state index in [4.69, 9.17) is 0 Å². The topological polar surface area (TPSA) is 0 Å². The zero-order valence-electron chi connectivity index (χ0n) is 5.80. The van der Waals surface area contributed by atoms with Crippen LogP contribution in [0.15, 0.2) is 6.58 Å². The van der Waals surface area contributed by atoms with E-state index in [1.807, 2.05) is 0 Å². The third-order valence-corrected chi connectivity index (χ3v) is 1.28. The zero-order chi connectivity index (χ0) is 9.30. The maximum absolute atomic E-state index is 12.6. The van der Waals surface area contributed by atoms with Crippen molar-refractivity contribution < 1.29 is 17.6 Å². The molecule has 0 N–H and O–H groups in total. The van der Waals surface area contributed by atoms with Gasteiger partial charge in [-0.1, -0.05) is 12.7 Å². The van der Waals surface area contributed by atoms with Gasteiger partial charge in [-0.25, -0.2) is 17.6 Å². The largest absolute Gasteiger partial charge is 0.203 e. The summed E-state index contributed by atoms with van der Waals surface area (Å²) in [6, 6.07) is 1.25. The van der Waals surface area contributed by atoms with E-state index in [2.05, 4.69) is 6.58 Å². The molecule has 4 heteroatoms. The molecular weight excluding hydrogens is 172 g/mol. The highest BCUT2D eigenvalue weighted by molar-refractivity contribution is 5.48. The summed E-state index contributed by atoms with van der Waals surface area (Å²) in [6.07, 6.45) is 0.699. The fraction of sp³-hybridized carbons (Fsp3) is 0. The molecule has 0 heterocycles. The van der Waals surface area contributed by atoms with Gasteiger partial charge in [0.25, 0.3) is 0 Å². The first kappa shape index (κ1) is 8.77. The minimum absolute atomic E-state index is 0.699. The minimum atomic E-state index is -1.55. The van der Waals surface area contributed by atoms with Gasteiger partial charge in [-0.15, -0.1) is 0 Å². The molecule has 0 amide bonds. The van der Waals surface area contributed by atoms with E-state index in [0.717, 1.165) is 0 Å². The molecule has 1 aromatic rings. The summed E-state index contributed by atoms with van der Waals surface area (Å²) >= 11 is 0. The van der Waals surface area contributed by atoms with Crippen LogP contribution in [0.5, 0.6) is 0 Å². The second-order valence-corrected chi connectivity index (χ2v) is 2.00. The normalized spacial score (nSPS) is 10.0. The zero-order valence-corrected chi connectivity index (χ0v) is 5.80. The Labute approximate surface area is 66.1 Å². The lowest BCUT2D eigenvalue weighted by atomic mass is 10.2. The van der Waals surface area contributed by atoms with Crippen LogP contribution in [0.25, 0.3) is 6.08 Å². The predicted molar refractivity (Wildman–Crippen MR) is 35.2 cm³/mol. The van der Waals surface area contributed by atoms with Gasteiger partial charge < -0.3 is 0 Å². The SMILES string of the molecule is C=Cc1c(F)c(F)[c]c(F)c1F. The average molecular weight is 175 g/mol. The number of hydrogen-bond donors (Lipinski definition) is 0. The molecule has 0 aliphatic carbocycles. The third kappa shape index (κ3) is 1.20. The molecule has 0 unspecified atom stereocenters. The van der Waals surface area contributed by atoms with Crippen molar-refractivity contribution in [1.29, 1.82) is 0 Å². The van der Waals surface area contributed by atoms with Crippen LogP contribution in [0.3, 0.4) is 0 Å². The second-order valence-electron chi connectivity index (χ2n) is 2.00. The van der Waals surface area contributed by atoms with Crippen LogP contribution in [0.2, 0.25) is 0 Å². The van der Waals surface area contributed by atoms with Crippen LogP contribution < -0.4 is 0 Å². The van der Waals surface area contributed by atoms with Gasteiger partial charge in [0, 0.05) is 0 Å². The van der Waals surface area contributed by atoms with E-state index < -0.39 is 28.8 Å². The molecule has 0 aliphatic rings. The highest BCUT2D eigenvalue weighted by atomic mass is 19.2. The summed E-state index contributed by atoms with van der Waals surface area (Å²) < 4.78 is 49.8. The van der Waals surface area contributed by atoms with Crippen LogP contribution >= 0.6 is 0 Å². The molecule has 0 spiro atoms. The maximum Gasteiger partial charge on any atom is 0.170 e. The van der Waals surface area contributed by atoms with E-state index >= 15 is 0 Å². The quantitative estimate of drug-likeness (QED) is 0.454. The molecule has 63 valence electrons. The van der Waals surface area contributed by atoms with Gasteiger partial charge in [0.15, 0.2) is 23.3 Å². The molecule has 0 aromatic heterocycles. The summed E-state index contributed by atoms with van der Waals surface area (Å²) in [5, 5.41) is 0. The van der Waals surface area contributed by atoms with E-state index in [1.165, 1.54) is 6.07 Å². The van der Waals surface area contributed by atoms with E-state index in [1.54, 1.807) is 0 Å². The van der Waals surface area contributed by atoms with Crippen molar-refractivity contribution in [3.05, 3.63) is 41.5 Å². The Morgan fingerprint density at radius 2 is 1.42 bits per heavy atom. The van der Waals surface area contributed by atoms with Gasteiger partial charge in [-0.2, -0.15) is 0 Å². The lowest BCUT2D eigenvalue weighted by Crippen LogP contribution is -1.97. The summed E-state index contributed by atoms with van der Waals surface area (Å²) in [7, 11) is 0. The molecular formula is C8H3F4. The van der Waals surface area contributed by atoms with E-state index in [-0.39, 0.29) is 0 Å². The van der Waals surface area contributed by atoms with Crippen molar-refractivity contribution in [2.45, 2.75) is 0 Å². The Morgan fingerprint density at radius 3 is 1.75 bits per heavy atom. The molecule has 0 saturated heterocycles. The molecule has 0 nitrogen and oxygen atoms in total. The van der Waals surface area contributed by atoms with Crippen LogP contribution in [-0.4, -0.2) is 0 Å². The number of benzene rings is 1. The molecule has 0 atom stereocenters. The van der Waals surface area contributed by atoms with Crippen LogP contribution in [-0.2, 0) is 0 Å². The summed E-state index contributed by atoms with van der Waals surface area (Å²) in [5.41, 5.74) is -0.816. The van der Waals surface area contributed by atoms with Gasteiger partial charge in [0.1, 0.15) is 0 Å². The Hall–Kier alpha value is -1.32. The van der Waals surface area contributed by atoms with Crippen LogP contribution in [0.4, 0.5) is 17.6 Å². The van der Waals surface area contributed by atoms with Crippen molar-refractivity contribution in [3.8, 4) is 0 Å². The van der Waals surface area contributed by atoms with Crippen molar-refractivity contribution in [2.75, 3.05) is 0 Å².